The lowest BCUT2D eigenvalue weighted by atomic mass is 10.4. The molecule has 0 atom stereocenters. The third kappa shape index (κ3) is 12.2. The molecule has 0 N–H and O–H groups in total. The van der Waals surface area contributed by atoms with Gasteiger partial charge in [-0.25, -0.2) is 4.39 Å². The van der Waals surface area contributed by atoms with E-state index in [4.69, 9.17) is 8.42 Å². The lowest BCUT2D eigenvalue weighted by Crippen LogP contribution is -1.67. The molecule has 7 heteroatoms. The molecule has 0 heterocycles. The molecule has 1 rings (SSSR count). The Morgan fingerprint density at radius 1 is 1.15 bits per heavy atom. The fourth-order valence-electron chi connectivity index (χ4n) is 0.430. The Balaban J connectivity index is 0.000000252. The van der Waals surface area contributed by atoms with Crippen LogP contribution in [0.4, 0.5) is 4.39 Å². The summed E-state index contributed by atoms with van der Waals surface area (Å²) in [6.45, 7) is 0. The van der Waals surface area contributed by atoms with Gasteiger partial charge < -0.3 is 0 Å². The van der Waals surface area contributed by atoms with Gasteiger partial charge in [-0.1, -0.05) is 15.9 Å². The SMILES string of the molecule is Fc1ccc(Br)cc1.O=S(=O)(Cl)Cl. The molecular weight excluding hydrogens is 306 g/mol. The monoisotopic (exact) mass is 308 g/mol. The lowest BCUT2D eigenvalue weighted by molar-refractivity contribution is 0.621. The van der Waals surface area contributed by atoms with Crippen LogP contribution in [0.15, 0.2) is 28.7 Å². The van der Waals surface area contributed by atoms with E-state index in [1.54, 1.807) is 12.1 Å². The molecule has 1 aromatic rings. The smallest absolute Gasteiger partial charge is 0.207 e. The average molecular weight is 310 g/mol. The molecule has 0 aliphatic heterocycles. The van der Waals surface area contributed by atoms with Crippen LogP contribution in [0.5, 0.6) is 0 Å². The van der Waals surface area contributed by atoms with E-state index < -0.39 is 8.26 Å². The van der Waals surface area contributed by atoms with Gasteiger partial charge in [-0.2, -0.15) is 8.42 Å². The molecule has 0 radical (unpaired) electrons. The van der Waals surface area contributed by atoms with Crippen molar-refractivity contribution in [3.05, 3.63) is 34.6 Å². The van der Waals surface area contributed by atoms with Gasteiger partial charge in [0.05, 0.1) is 0 Å². The number of halogens is 4. The van der Waals surface area contributed by atoms with E-state index in [-0.39, 0.29) is 5.82 Å². The van der Waals surface area contributed by atoms with Crippen molar-refractivity contribution in [3.8, 4) is 0 Å². The summed E-state index contributed by atoms with van der Waals surface area (Å²) in [5.74, 6) is -0.201. The summed E-state index contributed by atoms with van der Waals surface area (Å²) < 4.78 is 31.3. The van der Waals surface area contributed by atoms with Crippen LogP contribution in [0.3, 0.4) is 0 Å². The summed E-state index contributed by atoms with van der Waals surface area (Å²) in [7, 11) is 4.81. The largest absolute Gasteiger partial charge is 0.317 e. The topological polar surface area (TPSA) is 34.1 Å². The van der Waals surface area contributed by atoms with Crippen molar-refractivity contribution in [2.24, 2.45) is 0 Å². The standard InChI is InChI=1S/C6H4BrF.Cl2O2S/c7-5-1-3-6(8)4-2-5;1-5(2,3)4/h1-4H;. The molecule has 0 aliphatic rings. The van der Waals surface area contributed by atoms with Crippen molar-refractivity contribution in [2.75, 3.05) is 0 Å². The van der Waals surface area contributed by atoms with Gasteiger partial charge in [0.15, 0.2) is 0 Å². The molecule has 1 aromatic carbocycles. The second-order valence-corrected chi connectivity index (χ2v) is 6.40. The van der Waals surface area contributed by atoms with E-state index in [2.05, 4.69) is 37.3 Å². The van der Waals surface area contributed by atoms with Crippen LogP contribution in [0, 0.1) is 5.82 Å². The Morgan fingerprint density at radius 2 is 1.46 bits per heavy atom. The minimum absolute atomic E-state index is 0.201. The van der Waals surface area contributed by atoms with Crippen LogP contribution in [0.25, 0.3) is 0 Å². The molecule has 0 amide bonds. The lowest BCUT2D eigenvalue weighted by Gasteiger charge is -1.85. The highest BCUT2D eigenvalue weighted by molar-refractivity contribution is 9.10. The molecule has 0 spiro atoms. The molecule has 0 aliphatic carbocycles. The predicted octanol–water partition coefficient (Wildman–Crippen LogP) is 3.30. The highest BCUT2D eigenvalue weighted by Crippen LogP contribution is 2.08. The maximum atomic E-state index is 12.1. The van der Waals surface area contributed by atoms with Crippen molar-refractivity contribution in [3.63, 3.8) is 0 Å². The Hall–Kier alpha value is 0.160. The van der Waals surface area contributed by atoms with Crippen molar-refractivity contribution >= 4 is 45.6 Å². The van der Waals surface area contributed by atoms with Crippen molar-refractivity contribution in [1.29, 1.82) is 0 Å². The highest BCUT2D eigenvalue weighted by Gasteiger charge is 1.88. The van der Waals surface area contributed by atoms with E-state index in [1.165, 1.54) is 12.1 Å². The maximum Gasteiger partial charge on any atom is 0.317 e. The molecule has 0 bridgehead atoms. The average Bonchev–Trinajstić information content (AvgIpc) is 1.92. The summed E-state index contributed by atoms with van der Waals surface area (Å²) in [6.07, 6.45) is 0. The maximum absolute atomic E-state index is 12.1. The van der Waals surface area contributed by atoms with E-state index in [1.807, 2.05) is 0 Å². The fourth-order valence-corrected chi connectivity index (χ4v) is 0.694. The van der Waals surface area contributed by atoms with Crippen LogP contribution in [-0.2, 0) is 8.26 Å². The quantitative estimate of drug-likeness (QED) is 0.689. The van der Waals surface area contributed by atoms with Crippen molar-refractivity contribution in [2.45, 2.75) is 0 Å². The van der Waals surface area contributed by atoms with Gasteiger partial charge in [-0.05, 0) is 24.3 Å². The van der Waals surface area contributed by atoms with Gasteiger partial charge in [0.2, 0.25) is 0 Å². The summed E-state index contributed by atoms with van der Waals surface area (Å²) in [4.78, 5) is 0. The number of hydrogen-bond acceptors (Lipinski definition) is 2. The number of benzene rings is 1. The molecule has 13 heavy (non-hydrogen) atoms. The number of rotatable bonds is 0. The van der Waals surface area contributed by atoms with Crippen molar-refractivity contribution in [1.82, 2.24) is 0 Å². The Morgan fingerprint density at radius 3 is 1.69 bits per heavy atom. The van der Waals surface area contributed by atoms with Gasteiger partial charge >= 0.3 is 8.26 Å². The zero-order chi connectivity index (χ0) is 10.5. The van der Waals surface area contributed by atoms with Gasteiger partial charge in [-0.15, -0.1) is 0 Å². The normalized spacial score (nSPS) is 10.2. The first-order valence-corrected chi connectivity index (χ1v) is 6.77. The second kappa shape index (κ2) is 5.80. The Kier molecular flexibility index (Phi) is 5.87. The van der Waals surface area contributed by atoms with Crippen LogP contribution in [0.2, 0.25) is 0 Å². The fraction of sp³-hybridized carbons (Fsp3) is 0. The summed E-state index contributed by atoms with van der Waals surface area (Å²) in [6, 6.07) is 6.14. The third-order valence-electron chi connectivity index (χ3n) is 0.804. The highest BCUT2D eigenvalue weighted by atomic mass is 79.9. The summed E-state index contributed by atoms with van der Waals surface area (Å²) in [5, 5.41) is 0. The van der Waals surface area contributed by atoms with Gasteiger partial charge in [-0.3, -0.25) is 0 Å². The summed E-state index contributed by atoms with van der Waals surface area (Å²) >= 11 is 3.18. The molecule has 2 nitrogen and oxygen atoms in total. The van der Waals surface area contributed by atoms with Gasteiger partial charge in [0.25, 0.3) is 0 Å². The van der Waals surface area contributed by atoms with E-state index in [0.717, 1.165) is 4.47 Å². The molecule has 0 fully saturated rings. The minimum Gasteiger partial charge on any atom is -0.207 e. The van der Waals surface area contributed by atoms with Crippen molar-refractivity contribution < 1.29 is 12.8 Å². The first-order chi connectivity index (χ1) is 5.79. The Bertz CT molecular complexity index is 322. The molecular formula is C6H4BrCl2FO2S. The molecule has 74 valence electrons. The number of hydrogen-bond donors (Lipinski definition) is 0. The van der Waals surface area contributed by atoms with E-state index >= 15 is 0 Å². The zero-order valence-electron chi connectivity index (χ0n) is 6.05. The first kappa shape index (κ1) is 13.2. The summed E-state index contributed by atoms with van der Waals surface area (Å²) in [5.41, 5.74) is 0. The van der Waals surface area contributed by atoms with Crippen LogP contribution >= 0.6 is 37.3 Å². The van der Waals surface area contributed by atoms with Crippen LogP contribution in [-0.4, -0.2) is 8.42 Å². The zero-order valence-corrected chi connectivity index (χ0v) is 9.96. The Labute approximate surface area is 92.7 Å². The first-order valence-electron chi connectivity index (χ1n) is 2.84. The van der Waals surface area contributed by atoms with Gasteiger partial charge in [0, 0.05) is 25.8 Å². The second-order valence-electron chi connectivity index (χ2n) is 1.81. The van der Waals surface area contributed by atoms with Gasteiger partial charge in [0.1, 0.15) is 5.82 Å². The predicted molar refractivity (Wildman–Crippen MR) is 54.7 cm³/mol. The molecule has 0 unspecified atom stereocenters. The van der Waals surface area contributed by atoms with Crippen LogP contribution < -0.4 is 0 Å². The van der Waals surface area contributed by atoms with Crippen LogP contribution in [0.1, 0.15) is 0 Å². The van der Waals surface area contributed by atoms with E-state index in [9.17, 15) is 4.39 Å². The molecule has 0 saturated heterocycles. The third-order valence-corrected chi connectivity index (χ3v) is 1.33. The molecule has 0 saturated carbocycles. The molecule has 0 aromatic heterocycles. The minimum atomic E-state index is -3.72. The van der Waals surface area contributed by atoms with E-state index in [0.29, 0.717) is 0 Å².